The van der Waals surface area contributed by atoms with Gasteiger partial charge in [-0.2, -0.15) is 10.4 Å². The van der Waals surface area contributed by atoms with Gasteiger partial charge < -0.3 is 16.0 Å². The normalized spacial score (nSPS) is 16.3. The molecule has 1 saturated carbocycles. The molecule has 0 spiro atoms. The third-order valence-corrected chi connectivity index (χ3v) is 7.40. The van der Waals surface area contributed by atoms with Crippen molar-refractivity contribution >= 4 is 23.8 Å². The van der Waals surface area contributed by atoms with Gasteiger partial charge >= 0.3 is 0 Å². The van der Waals surface area contributed by atoms with Crippen LogP contribution in [0.2, 0.25) is 0 Å². The molecular weight excluding hydrogens is 438 g/mol. The second-order valence-corrected chi connectivity index (χ2v) is 9.95. The van der Waals surface area contributed by atoms with E-state index < -0.39 is 0 Å². The van der Waals surface area contributed by atoms with Gasteiger partial charge in [0.2, 0.25) is 0 Å². The molecule has 2 aliphatic rings. The first-order valence-corrected chi connectivity index (χ1v) is 12.0. The van der Waals surface area contributed by atoms with E-state index in [-0.39, 0.29) is 16.6 Å². The van der Waals surface area contributed by atoms with E-state index in [2.05, 4.69) is 21.2 Å². The van der Waals surface area contributed by atoms with E-state index in [9.17, 15) is 9.59 Å². The monoisotopic (exact) mass is 467 g/mol. The number of fused-ring (bicyclic) bond motifs is 1. The largest absolute Gasteiger partial charge is 0.347 e. The van der Waals surface area contributed by atoms with Crippen LogP contribution in [0.3, 0.4) is 0 Å². The van der Waals surface area contributed by atoms with Crippen molar-refractivity contribution in [3.63, 3.8) is 0 Å². The highest BCUT2D eigenvalue weighted by molar-refractivity contribution is 7.99. The first-order chi connectivity index (χ1) is 16.0. The van der Waals surface area contributed by atoms with Gasteiger partial charge in [0.05, 0.1) is 11.6 Å². The van der Waals surface area contributed by atoms with Crippen molar-refractivity contribution in [3.05, 3.63) is 52.3 Å². The Labute approximate surface area is 197 Å². The van der Waals surface area contributed by atoms with Gasteiger partial charge in [-0.25, -0.2) is 0 Å². The summed E-state index contributed by atoms with van der Waals surface area (Å²) in [6.45, 7) is 3.13. The maximum absolute atomic E-state index is 13.3. The zero-order valence-electron chi connectivity index (χ0n) is 18.8. The Kier molecular flexibility index (Phi) is 7.02. The summed E-state index contributed by atoms with van der Waals surface area (Å²) in [5, 5.41) is 16.2. The minimum Gasteiger partial charge on any atom is -0.347 e. The van der Waals surface area contributed by atoms with Crippen LogP contribution in [0, 0.1) is 11.3 Å². The lowest BCUT2D eigenvalue weighted by molar-refractivity contribution is 0.0725. The van der Waals surface area contributed by atoms with E-state index in [1.807, 2.05) is 17.0 Å². The quantitative estimate of drug-likeness (QED) is 0.355. The number of amides is 2. The van der Waals surface area contributed by atoms with Gasteiger partial charge in [0.25, 0.3) is 11.8 Å². The lowest BCUT2D eigenvalue weighted by Gasteiger charge is -2.30. The molecule has 2 amide bonds. The number of nitriles is 1. The van der Waals surface area contributed by atoms with Gasteiger partial charge in [0.1, 0.15) is 5.69 Å². The summed E-state index contributed by atoms with van der Waals surface area (Å²) in [5.74, 6) is -0.359. The SMILES string of the molecule is Cn1nc(C(=O)NCc2ccc(C#N)cc2)c2c1C(=O)N(CC1(SNCCCN)CC1)CC2. The molecule has 0 unspecified atom stereocenters. The van der Waals surface area contributed by atoms with Gasteiger partial charge in [0, 0.05) is 43.5 Å². The minimum atomic E-state index is -0.296. The lowest BCUT2D eigenvalue weighted by Crippen LogP contribution is -2.43. The number of hydrogen-bond donors (Lipinski definition) is 3. The molecule has 1 aliphatic heterocycles. The summed E-state index contributed by atoms with van der Waals surface area (Å²) in [6.07, 6.45) is 3.70. The van der Waals surface area contributed by atoms with E-state index in [4.69, 9.17) is 11.0 Å². The Hall–Kier alpha value is -2.87. The maximum atomic E-state index is 13.3. The predicted octanol–water partition coefficient (Wildman–Crippen LogP) is 1.34. The molecule has 4 rings (SSSR count). The fourth-order valence-corrected chi connectivity index (χ4v) is 5.10. The number of carbonyl (C=O) groups excluding carboxylic acids is 2. The molecular formula is C23H29N7O2S. The summed E-state index contributed by atoms with van der Waals surface area (Å²) < 4.78 is 4.99. The smallest absolute Gasteiger partial charge is 0.272 e. The molecule has 33 heavy (non-hydrogen) atoms. The third-order valence-electron chi connectivity index (χ3n) is 6.08. The summed E-state index contributed by atoms with van der Waals surface area (Å²) in [5.41, 5.74) is 8.55. The number of aromatic nitrogens is 2. The average Bonchev–Trinajstić information content (AvgIpc) is 3.50. The summed E-state index contributed by atoms with van der Waals surface area (Å²) >= 11 is 1.72. The number of rotatable bonds is 10. The van der Waals surface area contributed by atoms with Crippen LogP contribution < -0.4 is 15.8 Å². The van der Waals surface area contributed by atoms with Crippen LogP contribution in [0.25, 0.3) is 0 Å². The molecule has 2 heterocycles. The molecule has 10 heteroatoms. The Bertz CT molecular complexity index is 1070. The highest BCUT2D eigenvalue weighted by Crippen LogP contribution is 2.48. The van der Waals surface area contributed by atoms with Gasteiger partial charge in [-0.05, 0) is 49.9 Å². The molecule has 2 aromatic rings. The second-order valence-electron chi connectivity index (χ2n) is 8.59. The zero-order valence-corrected chi connectivity index (χ0v) is 19.6. The van der Waals surface area contributed by atoms with Crippen molar-refractivity contribution in [1.82, 2.24) is 24.7 Å². The van der Waals surface area contributed by atoms with Gasteiger partial charge in [0.15, 0.2) is 5.69 Å². The van der Waals surface area contributed by atoms with Crippen molar-refractivity contribution < 1.29 is 9.59 Å². The number of nitrogens with one attached hydrogen (secondary N) is 2. The van der Waals surface area contributed by atoms with E-state index >= 15 is 0 Å². The number of hydrogen-bond acceptors (Lipinski definition) is 7. The number of nitrogens with two attached hydrogens (primary N) is 1. The molecule has 0 atom stereocenters. The molecule has 174 valence electrons. The molecule has 0 radical (unpaired) electrons. The summed E-state index contributed by atoms with van der Waals surface area (Å²) in [6, 6.07) is 9.13. The number of aryl methyl sites for hydroxylation is 1. The second kappa shape index (κ2) is 9.95. The first-order valence-electron chi connectivity index (χ1n) is 11.2. The van der Waals surface area contributed by atoms with Crippen molar-refractivity contribution in [3.8, 4) is 6.07 Å². The van der Waals surface area contributed by atoms with Crippen molar-refractivity contribution in [2.75, 3.05) is 26.2 Å². The highest BCUT2D eigenvalue weighted by atomic mass is 32.2. The fraction of sp³-hybridized carbons (Fsp3) is 0.478. The van der Waals surface area contributed by atoms with Crippen LogP contribution >= 0.6 is 11.9 Å². The Morgan fingerprint density at radius 1 is 1.33 bits per heavy atom. The summed E-state index contributed by atoms with van der Waals surface area (Å²) in [7, 11) is 1.72. The topological polar surface area (TPSA) is 129 Å². The fourth-order valence-electron chi connectivity index (χ4n) is 4.02. The standard InChI is InChI=1S/C23H29N7O2S/c1-29-20-18(19(28-29)21(31)26-14-17-5-3-16(13-25)4-6-17)7-12-30(22(20)32)15-23(8-9-23)33-27-11-2-10-24/h3-6,27H,2,7-12,14-15,24H2,1H3,(H,26,31). The Morgan fingerprint density at radius 2 is 2.09 bits per heavy atom. The molecule has 4 N–H and O–H groups in total. The van der Waals surface area contributed by atoms with E-state index in [0.29, 0.717) is 49.6 Å². The van der Waals surface area contributed by atoms with Crippen LogP contribution in [0.5, 0.6) is 0 Å². The van der Waals surface area contributed by atoms with Crippen molar-refractivity contribution in [2.24, 2.45) is 12.8 Å². The van der Waals surface area contributed by atoms with Crippen LogP contribution in [0.15, 0.2) is 24.3 Å². The molecule has 9 nitrogen and oxygen atoms in total. The van der Waals surface area contributed by atoms with Gasteiger partial charge in [-0.1, -0.05) is 24.1 Å². The molecule has 0 saturated heterocycles. The van der Waals surface area contributed by atoms with Crippen LogP contribution in [0.4, 0.5) is 0 Å². The molecule has 1 aromatic carbocycles. The van der Waals surface area contributed by atoms with E-state index in [1.54, 1.807) is 31.1 Å². The highest BCUT2D eigenvalue weighted by Gasteiger charge is 2.47. The predicted molar refractivity (Wildman–Crippen MR) is 126 cm³/mol. The van der Waals surface area contributed by atoms with Gasteiger partial charge in [-0.15, -0.1) is 0 Å². The number of benzene rings is 1. The van der Waals surface area contributed by atoms with Crippen LogP contribution in [-0.4, -0.2) is 57.4 Å². The maximum Gasteiger partial charge on any atom is 0.272 e. The Morgan fingerprint density at radius 3 is 2.76 bits per heavy atom. The third kappa shape index (κ3) is 5.21. The first kappa shape index (κ1) is 23.3. The van der Waals surface area contributed by atoms with Gasteiger partial charge in [-0.3, -0.25) is 19.0 Å². The average molecular weight is 468 g/mol. The van der Waals surface area contributed by atoms with E-state index in [1.165, 1.54) is 4.68 Å². The molecule has 1 aromatic heterocycles. The van der Waals surface area contributed by atoms with Crippen LogP contribution in [0.1, 0.15) is 56.9 Å². The number of nitrogens with zero attached hydrogens (tertiary/aromatic N) is 4. The molecule has 1 fully saturated rings. The van der Waals surface area contributed by atoms with Crippen molar-refractivity contribution in [2.45, 2.75) is 37.0 Å². The Balaban J connectivity index is 1.39. The molecule has 1 aliphatic carbocycles. The molecule has 0 bridgehead atoms. The van der Waals surface area contributed by atoms with Crippen molar-refractivity contribution in [1.29, 1.82) is 5.26 Å². The number of carbonyl (C=O) groups is 2. The van der Waals surface area contributed by atoms with Crippen LogP contribution in [-0.2, 0) is 20.0 Å². The minimum absolute atomic E-state index is 0.0637. The zero-order chi connectivity index (χ0) is 23.4. The summed E-state index contributed by atoms with van der Waals surface area (Å²) in [4.78, 5) is 28.0. The van der Waals surface area contributed by atoms with E-state index in [0.717, 1.165) is 36.9 Å². The lowest BCUT2D eigenvalue weighted by atomic mass is 10.0.